The van der Waals surface area contributed by atoms with E-state index in [-0.39, 0.29) is 12.1 Å². The highest BCUT2D eigenvalue weighted by Gasteiger charge is 2.17. The Morgan fingerprint density at radius 1 is 1.64 bits per heavy atom. The largest absolute Gasteiger partial charge is 0.281 e. The molecule has 74 valence electrons. The minimum Gasteiger partial charge on any atom is -0.239 e. The fourth-order valence-corrected chi connectivity index (χ4v) is 2.10. The maximum atomic E-state index is 12.5. The zero-order valence-electron chi connectivity index (χ0n) is 6.77. The molecular formula is C8H4BrF2IN2. The Morgan fingerprint density at radius 2 is 2.29 bits per heavy atom. The molecule has 0 N–H and O–H groups in total. The summed E-state index contributed by atoms with van der Waals surface area (Å²) in [5.41, 5.74) is 0.301. The molecule has 0 radical (unpaired) electrons. The smallest absolute Gasteiger partial charge is 0.239 e. The number of nitrogens with zero attached hydrogens (tertiary/aromatic N) is 2. The lowest BCUT2D eigenvalue weighted by atomic mass is 10.2. The Bertz CT molecular complexity index is 390. The molecule has 0 atom stereocenters. The molecule has 6 heteroatoms. The number of aromatic nitrogens is 1. The number of halogens is 4. The third-order valence-corrected chi connectivity index (χ3v) is 3.16. The molecule has 0 aliphatic carbocycles. The van der Waals surface area contributed by atoms with Gasteiger partial charge in [-0.1, -0.05) is 0 Å². The summed E-state index contributed by atoms with van der Waals surface area (Å²) in [6.07, 6.45) is -2.50. The Balaban J connectivity index is 3.26. The molecule has 0 aromatic carbocycles. The van der Waals surface area contributed by atoms with Gasteiger partial charge in [-0.15, -0.1) is 0 Å². The van der Waals surface area contributed by atoms with Crippen molar-refractivity contribution in [3.05, 3.63) is 25.5 Å². The van der Waals surface area contributed by atoms with Crippen LogP contribution in [0.15, 0.2) is 10.7 Å². The van der Waals surface area contributed by atoms with Gasteiger partial charge >= 0.3 is 0 Å². The minimum absolute atomic E-state index is 0.110. The summed E-state index contributed by atoms with van der Waals surface area (Å²) < 4.78 is 25.6. The van der Waals surface area contributed by atoms with Crippen LogP contribution in [0.2, 0.25) is 0 Å². The average molecular weight is 373 g/mol. The van der Waals surface area contributed by atoms with Crippen molar-refractivity contribution in [2.45, 2.75) is 12.8 Å². The van der Waals surface area contributed by atoms with Crippen LogP contribution in [0.4, 0.5) is 8.78 Å². The van der Waals surface area contributed by atoms with Crippen molar-refractivity contribution >= 4 is 38.5 Å². The maximum Gasteiger partial charge on any atom is 0.281 e. The van der Waals surface area contributed by atoms with Crippen molar-refractivity contribution in [1.29, 1.82) is 5.26 Å². The van der Waals surface area contributed by atoms with Gasteiger partial charge in [0.05, 0.1) is 12.5 Å². The van der Waals surface area contributed by atoms with Gasteiger partial charge in [0.1, 0.15) is 10.3 Å². The minimum atomic E-state index is -2.61. The number of rotatable bonds is 2. The lowest BCUT2D eigenvalue weighted by Gasteiger charge is -2.06. The van der Waals surface area contributed by atoms with E-state index in [9.17, 15) is 8.78 Å². The lowest BCUT2D eigenvalue weighted by Crippen LogP contribution is -2.00. The second-order valence-corrected chi connectivity index (χ2v) is 4.33. The van der Waals surface area contributed by atoms with Crippen molar-refractivity contribution in [3.8, 4) is 6.07 Å². The molecule has 0 bridgehead atoms. The van der Waals surface area contributed by atoms with E-state index in [1.165, 1.54) is 0 Å². The molecule has 0 amide bonds. The molecule has 1 heterocycles. The molecule has 1 rings (SSSR count). The summed E-state index contributed by atoms with van der Waals surface area (Å²) in [6.45, 7) is 0. The monoisotopic (exact) mass is 372 g/mol. The summed E-state index contributed by atoms with van der Waals surface area (Å²) >= 11 is 4.81. The molecule has 1 aromatic heterocycles. The molecule has 0 saturated carbocycles. The van der Waals surface area contributed by atoms with Gasteiger partial charge < -0.3 is 0 Å². The molecular weight excluding hydrogens is 369 g/mol. The lowest BCUT2D eigenvalue weighted by molar-refractivity contribution is 0.144. The van der Waals surface area contributed by atoms with Crippen LogP contribution in [0.3, 0.4) is 0 Å². The predicted octanol–water partition coefficient (Wildman–Crippen LogP) is 3.45. The third kappa shape index (κ3) is 2.60. The Morgan fingerprint density at radius 3 is 2.79 bits per heavy atom. The zero-order valence-corrected chi connectivity index (χ0v) is 10.5. The summed E-state index contributed by atoms with van der Waals surface area (Å²) in [5.74, 6) is 0. The normalized spacial score (nSPS) is 10.3. The quantitative estimate of drug-likeness (QED) is 0.589. The number of hydrogen-bond acceptors (Lipinski definition) is 2. The first-order valence-electron chi connectivity index (χ1n) is 3.56. The van der Waals surface area contributed by atoms with Crippen LogP contribution in [0.5, 0.6) is 0 Å². The summed E-state index contributed by atoms with van der Waals surface area (Å²) in [4.78, 5) is 3.66. The first-order valence-corrected chi connectivity index (χ1v) is 5.43. The van der Waals surface area contributed by atoms with E-state index in [2.05, 4.69) is 20.9 Å². The Hall–Kier alpha value is -0.290. The van der Waals surface area contributed by atoms with Crippen molar-refractivity contribution in [2.75, 3.05) is 0 Å². The highest BCUT2D eigenvalue weighted by molar-refractivity contribution is 14.1. The van der Waals surface area contributed by atoms with Gasteiger partial charge in [0, 0.05) is 3.57 Å². The number of pyridine rings is 1. The first-order chi connectivity index (χ1) is 6.56. The molecule has 1 aromatic rings. The fourth-order valence-electron chi connectivity index (χ4n) is 0.926. The van der Waals surface area contributed by atoms with Crippen LogP contribution < -0.4 is 0 Å². The van der Waals surface area contributed by atoms with E-state index in [1.807, 2.05) is 6.07 Å². The molecule has 2 nitrogen and oxygen atoms in total. The van der Waals surface area contributed by atoms with Crippen LogP contribution in [0.1, 0.15) is 17.7 Å². The summed E-state index contributed by atoms with van der Waals surface area (Å²) in [7, 11) is 0. The van der Waals surface area contributed by atoms with Crippen molar-refractivity contribution in [3.63, 3.8) is 0 Å². The van der Waals surface area contributed by atoms with E-state index in [0.29, 0.717) is 13.7 Å². The van der Waals surface area contributed by atoms with Gasteiger partial charge in [-0.3, -0.25) is 0 Å². The van der Waals surface area contributed by atoms with Crippen LogP contribution in [0, 0.1) is 14.9 Å². The van der Waals surface area contributed by atoms with Crippen molar-refractivity contribution in [2.24, 2.45) is 0 Å². The van der Waals surface area contributed by atoms with Gasteiger partial charge in [0.2, 0.25) is 0 Å². The fraction of sp³-hybridized carbons (Fsp3) is 0.250. The molecule has 0 spiro atoms. The molecule has 0 aliphatic rings. The molecule has 0 aliphatic heterocycles. The van der Waals surface area contributed by atoms with Crippen molar-refractivity contribution < 1.29 is 8.78 Å². The van der Waals surface area contributed by atoms with Gasteiger partial charge in [0.15, 0.2) is 0 Å². The van der Waals surface area contributed by atoms with Gasteiger partial charge in [0.25, 0.3) is 6.43 Å². The summed E-state index contributed by atoms with van der Waals surface area (Å²) in [6, 6.07) is 3.50. The van der Waals surface area contributed by atoms with Crippen molar-refractivity contribution in [1.82, 2.24) is 4.98 Å². The van der Waals surface area contributed by atoms with E-state index < -0.39 is 6.43 Å². The molecule has 14 heavy (non-hydrogen) atoms. The van der Waals surface area contributed by atoms with E-state index >= 15 is 0 Å². The second kappa shape index (κ2) is 4.98. The van der Waals surface area contributed by atoms with Crippen LogP contribution >= 0.6 is 38.5 Å². The van der Waals surface area contributed by atoms with Gasteiger partial charge in [-0.2, -0.15) is 5.26 Å². The van der Waals surface area contributed by atoms with Crippen LogP contribution in [-0.2, 0) is 6.42 Å². The standard InChI is InChI=1S/C8H4BrF2IN2/c9-5-3-4(1-2-13)6(12)7(14-5)8(10)11/h3,8H,1H2. The number of nitriles is 1. The number of hydrogen-bond donors (Lipinski definition) is 0. The first kappa shape index (κ1) is 11.8. The molecule has 0 saturated heterocycles. The molecule has 0 fully saturated rings. The van der Waals surface area contributed by atoms with E-state index in [4.69, 9.17) is 5.26 Å². The zero-order chi connectivity index (χ0) is 10.7. The van der Waals surface area contributed by atoms with E-state index in [0.717, 1.165) is 0 Å². The molecule has 0 unspecified atom stereocenters. The van der Waals surface area contributed by atoms with Crippen LogP contribution in [0.25, 0.3) is 0 Å². The predicted molar refractivity (Wildman–Crippen MR) is 58.9 cm³/mol. The highest BCUT2D eigenvalue weighted by atomic mass is 127. The topological polar surface area (TPSA) is 36.7 Å². The highest BCUT2D eigenvalue weighted by Crippen LogP contribution is 2.27. The Kier molecular flexibility index (Phi) is 4.19. The summed E-state index contributed by atoms with van der Waals surface area (Å²) in [5, 5.41) is 8.49. The van der Waals surface area contributed by atoms with E-state index in [1.54, 1.807) is 28.7 Å². The maximum absolute atomic E-state index is 12.5. The van der Waals surface area contributed by atoms with Gasteiger partial charge in [-0.25, -0.2) is 13.8 Å². The SMILES string of the molecule is N#CCc1cc(Br)nc(C(F)F)c1I. The van der Waals surface area contributed by atoms with Crippen LogP contribution in [-0.4, -0.2) is 4.98 Å². The average Bonchev–Trinajstić information content (AvgIpc) is 2.10. The Labute approximate surface area is 102 Å². The van der Waals surface area contributed by atoms with Gasteiger partial charge in [-0.05, 0) is 50.2 Å². The second-order valence-electron chi connectivity index (χ2n) is 2.44. The third-order valence-electron chi connectivity index (χ3n) is 1.50. The number of alkyl halides is 2.